The molecule has 0 aromatic carbocycles. The van der Waals surface area contributed by atoms with Crippen molar-refractivity contribution in [3.8, 4) is 0 Å². The van der Waals surface area contributed by atoms with Gasteiger partial charge in [-0.2, -0.15) is 0 Å². The summed E-state index contributed by atoms with van der Waals surface area (Å²) >= 11 is 0. The summed E-state index contributed by atoms with van der Waals surface area (Å²) in [6.45, 7) is 12.1. The van der Waals surface area contributed by atoms with Gasteiger partial charge in [0.05, 0.1) is 6.61 Å². The lowest BCUT2D eigenvalue weighted by Crippen LogP contribution is -2.11. The molecule has 72 valence electrons. The average Bonchev–Trinajstić information content (AvgIpc) is 1.87. The van der Waals surface area contributed by atoms with Crippen LogP contribution in [0.3, 0.4) is 0 Å². The van der Waals surface area contributed by atoms with E-state index in [2.05, 4.69) is 37.8 Å². The second kappa shape index (κ2) is 6.70. The van der Waals surface area contributed by atoms with Gasteiger partial charge < -0.3 is 10.5 Å². The molecule has 1 amide bonds. The Bertz CT molecular complexity index is 136. The summed E-state index contributed by atoms with van der Waals surface area (Å²) in [5.41, 5.74) is 4.85. The van der Waals surface area contributed by atoms with E-state index >= 15 is 0 Å². The minimum atomic E-state index is -0.711. The number of hydrogen-bond acceptors (Lipinski definition) is 2. The van der Waals surface area contributed by atoms with E-state index in [4.69, 9.17) is 0 Å². The lowest BCUT2D eigenvalue weighted by Gasteiger charge is -2.08. The quantitative estimate of drug-likeness (QED) is 0.619. The van der Waals surface area contributed by atoms with Crippen molar-refractivity contribution < 1.29 is 9.53 Å². The van der Waals surface area contributed by atoms with E-state index in [9.17, 15) is 4.79 Å². The molecule has 12 heavy (non-hydrogen) atoms. The van der Waals surface area contributed by atoms with E-state index < -0.39 is 6.09 Å². The van der Waals surface area contributed by atoms with Gasteiger partial charge in [-0.1, -0.05) is 26.8 Å². The number of carbonyl (C=O) groups excluding carboxylic acids is 1. The van der Waals surface area contributed by atoms with Gasteiger partial charge in [0.1, 0.15) is 0 Å². The van der Waals surface area contributed by atoms with Crippen molar-refractivity contribution in [3.63, 3.8) is 0 Å². The number of carbonyl (C=O) groups is 1. The normalized spacial score (nSPS) is 9.33. The van der Waals surface area contributed by atoms with Gasteiger partial charge in [0, 0.05) is 0 Å². The van der Waals surface area contributed by atoms with Gasteiger partial charge in [-0.05, 0) is 12.3 Å². The Morgan fingerprint density at radius 3 is 1.92 bits per heavy atom. The highest BCUT2D eigenvalue weighted by atomic mass is 16.5. The predicted octanol–water partition coefficient (Wildman–Crippen LogP) is 2.32. The second-order valence-corrected chi connectivity index (χ2v) is 3.32. The molecule has 3 heteroatoms. The maximum atomic E-state index is 9.60. The number of amides is 1. The summed E-state index contributed by atoms with van der Waals surface area (Å²) < 4.78 is 4.18. The molecule has 0 aromatic heterocycles. The van der Waals surface area contributed by atoms with Crippen LogP contribution in [0.15, 0.2) is 12.7 Å². The number of ether oxygens (including phenoxy) is 1. The first-order valence-electron chi connectivity index (χ1n) is 3.89. The molecule has 2 N–H and O–H groups in total. The zero-order chi connectivity index (χ0) is 10.2. The van der Waals surface area contributed by atoms with Crippen molar-refractivity contribution in [2.75, 3.05) is 6.61 Å². The zero-order valence-corrected chi connectivity index (χ0v) is 8.39. The Hall–Kier alpha value is -0.990. The lowest BCUT2D eigenvalue weighted by molar-refractivity contribution is 0.163. The number of nitrogens with two attached hydrogens (primary N) is 1. The number of primary amides is 1. The molecule has 0 bridgehead atoms. The molecule has 0 rings (SSSR count). The van der Waals surface area contributed by atoms with Gasteiger partial charge in [0.25, 0.3) is 0 Å². The van der Waals surface area contributed by atoms with E-state index in [0.29, 0.717) is 12.0 Å². The van der Waals surface area contributed by atoms with Gasteiger partial charge in [0.2, 0.25) is 0 Å². The molecule has 0 fully saturated rings. The Morgan fingerprint density at radius 1 is 1.58 bits per heavy atom. The highest BCUT2D eigenvalue weighted by Crippen LogP contribution is 2.11. The van der Waals surface area contributed by atoms with Crippen LogP contribution < -0.4 is 5.73 Å². The second-order valence-electron chi connectivity index (χ2n) is 3.32. The zero-order valence-electron chi connectivity index (χ0n) is 8.39. The fraction of sp³-hybridized carbons (Fsp3) is 0.667. The van der Waals surface area contributed by atoms with Gasteiger partial charge in [-0.25, -0.2) is 4.79 Å². The maximum Gasteiger partial charge on any atom is 0.404 e. The third kappa shape index (κ3) is 23.0. The minimum Gasteiger partial charge on any atom is -0.450 e. The number of allylic oxidation sites excluding steroid dienone is 1. The third-order valence-corrected chi connectivity index (χ3v) is 0.899. The van der Waals surface area contributed by atoms with Crippen molar-refractivity contribution in [3.05, 3.63) is 12.7 Å². The van der Waals surface area contributed by atoms with Crippen LogP contribution in [0, 0.1) is 5.41 Å². The van der Waals surface area contributed by atoms with E-state index in [0.717, 1.165) is 0 Å². The molecule has 0 unspecified atom stereocenters. The first kappa shape index (κ1) is 13.6. The van der Waals surface area contributed by atoms with Gasteiger partial charge in [-0.3, -0.25) is 0 Å². The summed E-state index contributed by atoms with van der Waals surface area (Å²) in [6.07, 6.45) is 1.23. The Labute approximate surface area is 74.6 Å². The van der Waals surface area contributed by atoms with Crippen molar-refractivity contribution in [2.45, 2.75) is 27.7 Å². The summed E-state index contributed by atoms with van der Waals surface area (Å²) in [5, 5.41) is 0. The van der Waals surface area contributed by atoms with E-state index in [1.807, 2.05) is 6.08 Å². The van der Waals surface area contributed by atoms with Gasteiger partial charge in [-0.15, -0.1) is 6.58 Å². The van der Waals surface area contributed by atoms with E-state index in [1.54, 1.807) is 6.92 Å². The molecule has 0 aliphatic heterocycles. The highest BCUT2D eigenvalue weighted by Gasteiger charge is 1.99. The van der Waals surface area contributed by atoms with Crippen LogP contribution in [0.25, 0.3) is 0 Å². The van der Waals surface area contributed by atoms with Crippen LogP contribution >= 0.6 is 0 Å². The summed E-state index contributed by atoms with van der Waals surface area (Å²) in [5.74, 6) is 0. The molecule has 0 radical (unpaired) electrons. The summed E-state index contributed by atoms with van der Waals surface area (Å²) in [7, 11) is 0. The Kier molecular flexibility index (Phi) is 7.59. The third-order valence-electron chi connectivity index (χ3n) is 0.899. The Morgan fingerprint density at radius 2 is 1.92 bits per heavy atom. The van der Waals surface area contributed by atoms with Crippen molar-refractivity contribution in [1.82, 2.24) is 0 Å². The lowest BCUT2D eigenvalue weighted by atomic mass is 9.98. The fourth-order valence-corrected chi connectivity index (χ4v) is 0.142. The first-order valence-corrected chi connectivity index (χ1v) is 3.89. The molecular formula is C9H19NO2. The molecule has 0 aliphatic rings. The van der Waals surface area contributed by atoms with Crippen molar-refractivity contribution in [1.29, 1.82) is 0 Å². The van der Waals surface area contributed by atoms with Crippen LogP contribution in [0.1, 0.15) is 27.7 Å². The van der Waals surface area contributed by atoms with Crippen molar-refractivity contribution in [2.24, 2.45) is 11.1 Å². The van der Waals surface area contributed by atoms with Crippen LogP contribution in [0.5, 0.6) is 0 Å². The van der Waals surface area contributed by atoms with E-state index in [1.165, 1.54) is 0 Å². The Balaban J connectivity index is 0. The number of hydrogen-bond donors (Lipinski definition) is 1. The first-order chi connectivity index (χ1) is 5.33. The van der Waals surface area contributed by atoms with Crippen molar-refractivity contribution >= 4 is 6.09 Å². The molecule has 3 nitrogen and oxygen atoms in total. The van der Waals surface area contributed by atoms with Gasteiger partial charge in [0.15, 0.2) is 0 Å². The SMILES string of the molecule is C=CC(C)(C)C.CCOC(N)=O. The standard InChI is InChI=1S/C6H12.C3H7NO2/c1-5-6(2,3)4;1-2-6-3(4)5/h5H,1H2,2-4H3;2H2,1H3,(H2,4,5). The molecule has 0 saturated carbocycles. The maximum absolute atomic E-state index is 9.60. The summed E-state index contributed by atoms with van der Waals surface area (Å²) in [4.78, 5) is 9.60. The fourth-order valence-electron chi connectivity index (χ4n) is 0.142. The largest absolute Gasteiger partial charge is 0.450 e. The molecule has 0 saturated heterocycles. The monoisotopic (exact) mass is 173 g/mol. The number of rotatable bonds is 1. The van der Waals surface area contributed by atoms with Crippen LogP contribution in [0.4, 0.5) is 4.79 Å². The van der Waals surface area contributed by atoms with E-state index in [-0.39, 0.29) is 0 Å². The topological polar surface area (TPSA) is 52.3 Å². The molecular weight excluding hydrogens is 154 g/mol. The molecule has 0 spiro atoms. The smallest absolute Gasteiger partial charge is 0.404 e. The highest BCUT2D eigenvalue weighted by molar-refractivity contribution is 5.64. The van der Waals surface area contributed by atoms with Crippen LogP contribution in [-0.4, -0.2) is 12.7 Å². The summed E-state index contributed by atoms with van der Waals surface area (Å²) in [6, 6.07) is 0. The molecule has 0 heterocycles. The minimum absolute atomic E-state index is 0.306. The predicted molar refractivity (Wildman–Crippen MR) is 50.9 cm³/mol. The molecule has 0 atom stereocenters. The van der Waals surface area contributed by atoms with Crippen LogP contribution in [-0.2, 0) is 4.74 Å². The molecule has 0 aromatic rings. The molecule has 0 aliphatic carbocycles. The average molecular weight is 173 g/mol. The van der Waals surface area contributed by atoms with Gasteiger partial charge >= 0.3 is 6.09 Å². The van der Waals surface area contributed by atoms with Crippen LogP contribution in [0.2, 0.25) is 0 Å².